The molecule has 0 unspecified atom stereocenters. The number of hydrogen-bond acceptors (Lipinski definition) is 3. The molecule has 0 saturated heterocycles. The average Bonchev–Trinajstić information content (AvgIpc) is 2.31. The van der Waals surface area contributed by atoms with Crippen molar-refractivity contribution in [2.45, 2.75) is 19.9 Å². The number of hydrogen-bond donors (Lipinski definition) is 3. The predicted octanol–water partition coefficient (Wildman–Crippen LogP) is 1.68. The molecule has 2 amide bonds. The quantitative estimate of drug-likeness (QED) is 0.744. The molecule has 0 bridgehead atoms. The minimum Gasteiger partial charge on any atom is -0.494 e. The fourth-order valence-electron chi connectivity index (χ4n) is 1.23. The Morgan fingerprint density at radius 1 is 1.33 bits per heavy atom. The van der Waals surface area contributed by atoms with E-state index in [0.29, 0.717) is 18.0 Å². The van der Waals surface area contributed by atoms with Crippen molar-refractivity contribution in [3.05, 3.63) is 24.3 Å². The summed E-state index contributed by atoms with van der Waals surface area (Å²) in [6.07, 6.45) is 0. The first kappa shape index (κ1) is 13.8. The predicted molar refractivity (Wildman–Crippen MR) is 66.9 cm³/mol. The number of rotatable bonds is 5. The maximum atomic E-state index is 11.4. The van der Waals surface area contributed by atoms with Crippen molar-refractivity contribution in [2.24, 2.45) is 0 Å². The number of carboxylic acid groups (broad SMARTS) is 1. The van der Waals surface area contributed by atoms with Crippen LogP contribution in [0.5, 0.6) is 5.75 Å². The standard InChI is InChI=1S/C12H16N2O4/c1-3-18-10-6-4-9(5-7-10)14-12(17)13-8(2)11(15)16/h4-8H,3H2,1-2H3,(H,15,16)(H2,13,14,17)/t8-/m1/s1. The van der Waals surface area contributed by atoms with Gasteiger partial charge >= 0.3 is 12.0 Å². The van der Waals surface area contributed by atoms with Crippen LogP contribution in [-0.2, 0) is 4.79 Å². The Labute approximate surface area is 105 Å². The van der Waals surface area contributed by atoms with Crippen molar-refractivity contribution in [3.63, 3.8) is 0 Å². The molecule has 0 radical (unpaired) electrons. The summed E-state index contributed by atoms with van der Waals surface area (Å²) in [5.41, 5.74) is 0.563. The number of anilines is 1. The van der Waals surface area contributed by atoms with E-state index >= 15 is 0 Å². The van der Waals surface area contributed by atoms with Crippen LogP contribution in [0.1, 0.15) is 13.8 Å². The molecule has 6 heteroatoms. The van der Waals surface area contributed by atoms with Crippen molar-refractivity contribution in [3.8, 4) is 5.75 Å². The molecule has 6 nitrogen and oxygen atoms in total. The van der Waals surface area contributed by atoms with Crippen LogP contribution >= 0.6 is 0 Å². The van der Waals surface area contributed by atoms with Gasteiger partial charge in [-0.2, -0.15) is 0 Å². The van der Waals surface area contributed by atoms with Crippen LogP contribution in [0, 0.1) is 0 Å². The molecule has 1 aromatic rings. The maximum Gasteiger partial charge on any atom is 0.325 e. The first-order chi connectivity index (χ1) is 8.52. The highest BCUT2D eigenvalue weighted by molar-refractivity contribution is 5.92. The number of urea groups is 1. The summed E-state index contributed by atoms with van der Waals surface area (Å²) < 4.78 is 5.26. The Morgan fingerprint density at radius 2 is 1.94 bits per heavy atom. The highest BCUT2D eigenvalue weighted by Gasteiger charge is 2.13. The third-order valence-corrected chi connectivity index (χ3v) is 2.14. The van der Waals surface area contributed by atoms with Crippen LogP contribution in [0.15, 0.2) is 24.3 Å². The van der Waals surface area contributed by atoms with Crippen molar-refractivity contribution < 1.29 is 19.4 Å². The van der Waals surface area contributed by atoms with Gasteiger partial charge in [-0.25, -0.2) is 4.79 Å². The Kier molecular flexibility index (Phi) is 4.98. The molecule has 0 spiro atoms. The summed E-state index contributed by atoms with van der Waals surface area (Å²) in [6.45, 7) is 3.84. The molecule has 1 aromatic carbocycles. The summed E-state index contributed by atoms with van der Waals surface area (Å²) in [5, 5.41) is 13.4. The highest BCUT2D eigenvalue weighted by Crippen LogP contribution is 2.15. The second-order valence-corrected chi connectivity index (χ2v) is 3.62. The van der Waals surface area contributed by atoms with Gasteiger partial charge in [-0.05, 0) is 38.1 Å². The van der Waals surface area contributed by atoms with Crippen LogP contribution in [-0.4, -0.2) is 29.8 Å². The Hall–Kier alpha value is -2.24. The number of benzene rings is 1. The van der Waals surface area contributed by atoms with Gasteiger partial charge in [-0.1, -0.05) is 0 Å². The summed E-state index contributed by atoms with van der Waals surface area (Å²) >= 11 is 0. The van der Waals surface area contributed by atoms with Gasteiger partial charge in [0.2, 0.25) is 0 Å². The van der Waals surface area contributed by atoms with Gasteiger partial charge < -0.3 is 20.5 Å². The van der Waals surface area contributed by atoms with Gasteiger partial charge in [0, 0.05) is 5.69 Å². The molecule has 0 aliphatic heterocycles. The maximum absolute atomic E-state index is 11.4. The normalized spacial score (nSPS) is 11.4. The minimum absolute atomic E-state index is 0.561. The molecule has 98 valence electrons. The molecule has 0 fully saturated rings. The lowest BCUT2D eigenvalue weighted by Crippen LogP contribution is -2.40. The van der Waals surface area contributed by atoms with Gasteiger partial charge in [0.15, 0.2) is 0 Å². The Morgan fingerprint density at radius 3 is 2.44 bits per heavy atom. The Balaban J connectivity index is 2.51. The van der Waals surface area contributed by atoms with E-state index in [0.717, 1.165) is 0 Å². The number of carboxylic acids is 1. The van der Waals surface area contributed by atoms with Crippen molar-refractivity contribution in [2.75, 3.05) is 11.9 Å². The lowest BCUT2D eigenvalue weighted by Gasteiger charge is -2.11. The number of aliphatic carboxylic acids is 1. The van der Waals surface area contributed by atoms with Gasteiger partial charge in [-0.3, -0.25) is 4.79 Å². The van der Waals surface area contributed by atoms with Crippen molar-refractivity contribution in [1.29, 1.82) is 0 Å². The number of nitrogens with one attached hydrogen (secondary N) is 2. The van der Waals surface area contributed by atoms with E-state index < -0.39 is 18.0 Å². The molecule has 0 aromatic heterocycles. The molecule has 18 heavy (non-hydrogen) atoms. The zero-order chi connectivity index (χ0) is 13.5. The lowest BCUT2D eigenvalue weighted by atomic mass is 10.3. The first-order valence-corrected chi connectivity index (χ1v) is 5.56. The number of carbonyl (C=O) groups excluding carboxylic acids is 1. The van der Waals surface area contributed by atoms with E-state index in [1.165, 1.54) is 6.92 Å². The van der Waals surface area contributed by atoms with Gasteiger partial charge in [0.25, 0.3) is 0 Å². The third-order valence-electron chi connectivity index (χ3n) is 2.14. The smallest absolute Gasteiger partial charge is 0.325 e. The van der Waals surface area contributed by atoms with Crippen molar-refractivity contribution >= 4 is 17.7 Å². The molecular weight excluding hydrogens is 236 g/mol. The van der Waals surface area contributed by atoms with Gasteiger partial charge in [-0.15, -0.1) is 0 Å². The van der Waals surface area contributed by atoms with E-state index in [-0.39, 0.29) is 0 Å². The SMILES string of the molecule is CCOc1ccc(NC(=O)N[C@H](C)C(=O)O)cc1. The second-order valence-electron chi connectivity index (χ2n) is 3.62. The summed E-state index contributed by atoms with van der Waals surface area (Å²) in [6, 6.07) is 5.30. The molecule has 0 aliphatic carbocycles. The second kappa shape index (κ2) is 6.48. The van der Waals surface area contributed by atoms with E-state index in [1.54, 1.807) is 24.3 Å². The molecular formula is C12H16N2O4. The summed E-state index contributed by atoms with van der Waals surface area (Å²) in [7, 11) is 0. The largest absolute Gasteiger partial charge is 0.494 e. The molecule has 1 atom stereocenters. The van der Waals surface area contributed by atoms with E-state index in [9.17, 15) is 9.59 Å². The number of ether oxygens (including phenoxy) is 1. The summed E-state index contributed by atoms with van der Waals surface area (Å²) in [5.74, 6) is -0.376. The van der Waals surface area contributed by atoms with Gasteiger partial charge in [0.1, 0.15) is 11.8 Å². The molecule has 0 saturated carbocycles. The number of amides is 2. The zero-order valence-corrected chi connectivity index (χ0v) is 10.3. The van der Waals surface area contributed by atoms with Crippen LogP contribution in [0.3, 0.4) is 0 Å². The molecule has 0 heterocycles. The fourth-order valence-corrected chi connectivity index (χ4v) is 1.23. The minimum atomic E-state index is -1.09. The molecule has 1 rings (SSSR count). The number of carbonyl (C=O) groups is 2. The lowest BCUT2D eigenvalue weighted by molar-refractivity contribution is -0.138. The van der Waals surface area contributed by atoms with Gasteiger partial charge in [0.05, 0.1) is 6.61 Å². The first-order valence-electron chi connectivity index (χ1n) is 5.56. The van der Waals surface area contributed by atoms with Crippen LogP contribution in [0.2, 0.25) is 0 Å². The van der Waals surface area contributed by atoms with Crippen LogP contribution < -0.4 is 15.4 Å². The topological polar surface area (TPSA) is 87.7 Å². The summed E-state index contributed by atoms with van der Waals surface area (Å²) in [4.78, 5) is 22.0. The molecule has 0 aliphatic rings. The van der Waals surface area contributed by atoms with Crippen LogP contribution in [0.4, 0.5) is 10.5 Å². The van der Waals surface area contributed by atoms with E-state index in [1.807, 2.05) is 6.92 Å². The van der Waals surface area contributed by atoms with Crippen LogP contribution in [0.25, 0.3) is 0 Å². The fraction of sp³-hybridized carbons (Fsp3) is 0.333. The monoisotopic (exact) mass is 252 g/mol. The zero-order valence-electron chi connectivity index (χ0n) is 10.3. The third kappa shape index (κ3) is 4.32. The van der Waals surface area contributed by atoms with E-state index in [4.69, 9.17) is 9.84 Å². The molecule has 3 N–H and O–H groups in total. The average molecular weight is 252 g/mol. The Bertz CT molecular complexity index is 417. The van der Waals surface area contributed by atoms with Crippen molar-refractivity contribution in [1.82, 2.24) is 5.32 Å². The highest BCUT2D eigenvalue weighted by atomic mass is 16.5. The van der Waals surface area contributed by atoms with E-state index in [2.05, 4.69) is 10.6 Å².